The fraction of sp³-hybridized carbons (Fsp3) is 0.391. The van der Waals surface area contributed by atoms with Crippen LogP contribution in [-0.4, -0.2) is 18.2 Å². The second kappa shape index (κ2) is 8.46. The van der Waals surface area contributed by atoms with E-state index in [0.717, 1.165) is 36.2 Å². The number of nitrogens with one attached hydrogen (secondary N) is 2. The number of Topliss-reactive ketones (excluding diaryl/α,β-unsaturated/α-hetero) is 1. The Bertz CT molecular complexity index is 815. The van der Waals surface area contributed by atoms with Crippen LogP contribution in [0.5, 0.6) is 0 Å². The van der Waals surface area contributed by atoms with E-state index in [0.29, 0.717) is 31.5 Å². The van der Waals surface area contributed by atoms with E-state index in [2.05, 4.69) is 24.0 Å². The summed E-state index contributed by atoms with van der Waals surface area (Å²) in [5.74, 6) is 0.225. The fourth-order valence-corrected chi connectivity index (χ4v) is 4.19. The summed E-state index contributed by atoms with van der Waals surface area (Å²) in [5, 5.41) is 0. The minimum absolute atomic E-state index is 0.0940. The van der Waals surface area contributed by atoms with Crippen LogP contribution >= 0.6 is 0 Å². The van der Waals surface area contributed by atoms with Crippen LogP contribution in [0.4, 0.5) is 11.4 Å². The van der Waals surface area contributed by atoms with Crippen molar-refractivity contribution in [2.75, 3.05) is 16.9 Å². The SMILES string of the molecule is C=CCC1(CC=C)C(=O)N(CC)c2ccc(NNC3=CCCCCC3=O)cc21. The number of allylic oxidation sites excluding steroid dienone is 4. The second-order valence-corrected chi connectivity index (χ2v) is 7.39. The number of rotatable bonds is 8. The van der Waals surface area contributed by atoms with Crippen LogP contribution in [0.2, 0.25) is 0 Å². The highest BCUT2D eigenvalue weighted by molar-refractivity contribution is 6.08. The summed E-state index contributed by atoms with van der Waals surface area (Å²) in [7, 11) is 0. The molecule has 3 rings (SSSR count). The number of likely N-dealkylation sites (N-methyl/N-ethyl adjacent to an activating group) is 1. The molecule has 5 nitrogen and oxygen atoms in total. The number of anilines is 2. The Morgan fingerprint density at radius 2 is 1.89 bits per heavy atom. The lowest BCUT2D eigenvalue weighted by Crippen LogP contribution is -2.39. The smallest absolute Gasteiger partial charge is 0.238 e. The van der Waals surface area contributed by atoms with Crippen LogP contribution < -0.4 is 15.8 Å². The van der Waals surface area contributed by atoms with Crippen molar-refractivity contribution in [2.45, 2.75) is 50.9 Å². The second-order valence-electron chi connectivity index (χ2n) is 7.39. The Morgan fingerprint density at radius 3 is 2.57 bits per heavy atom. The molecule has 0 aromatic heterocycles. The first-order valence-electron chi connectivity index (χ1n) is 10.0. The summed E-state index contributed by atoms with van der Waals surface area (Å²) < 4.78 is 0. The third kappa shape index (κ3) is 3.49. The molecule has 0 radical (unpaired) electrons. The lowest BCUT2D eigenvalue weighted by Gasteiger charge is -2.26. The number of fused-ring (bicyclic) bond motifs is 1. The molecule has 1 aromatic rings. The monoisotopic (exact) mass is 379 g/mol. The molecule has 0 saturated heterocycles. The Kier molecular flexibility index (Phi) is 6.02. The highest BCUT2D eigenvalue weighted by Crippen LogP contribution is 2.47. The highest BCUT2D eigenvalue weighted by atomic mass is 16.2. The van der Waals surface area contributed by atoms with E-state index in [1.54, 1.807) is 12.2 Å². The molecule has 2 N–H and O–H groups in total. The Balaban J connectivity index is 1.91. The van der Waals surface area contributed by atoms with Gasteiger partial charge in [-0.3, -0.25) is 15.0 Å². The highest BCUT2D eigenvalue weighted by Gasteiger charge is 2.48. The molecular formula is C23H29N3O2. The van der Waals surface area contributed by atoms with Gasteiger partial charge < -0.3 is 10.3 Å². The molecule has 1 aromatic carbocycles. The molecule has 0 unspecified atom stereocenters. The van der Waals surface area contributed by atoms with Crippen molar-refractivity contribution in [2.24, 2.45) is 0 Å². The number of hydrazine groups is 1. The van der Waals surface area contributed by atoms with E-state index in [9.17, 15) is 9.59 Å². The van der Waals surface area contributed by atoms with E-state index >= 15 is 0 Å². The zero-order valence-corrected chi connectivity index (χ0v) is 16.6. The van der Waals surface area contributed by atoms with Gasteiger partial charge in [0.1, 0.15) is 0 Å². The number of hydrogen-bond donors (Lipinski definition) is 2. The quantitative estimate of drug-likeness (QED) is 0.520. The number of carbonyl (C=O) groups excluding carboxylic acids is 2. The van der Waals surface area contributed by atoms with Crippen LogP contribution in [0.15, 0.2) is 55.3 Å². The third-order valence-electron chi connectivity index (χ3n) is 5.61. The molecule has 1 amide bonds. The van der Waals surface area contributed by atoms with E-state index in [-0.39, 0.29) is 11.7 Å². The van der Waals surface area contributed by atoms with Gasteiger partial charge in [0.25, 0.3) is 0 Å². The maximum absolute atomic E-state index is 13.2. The van der Waals surface area contributed by atoms with Crippen molar-refractivity contribution in [1.29, 1.82) is 0 Å². The maximum Gasteiger partial charge on any atom is 0.238 e. The molecule has 1 aliphatic heterocycles. The van der Waals surface area contributed by atoms with Crippen molar-refractivity contribution in [3.05, 3.63) is 60.8 Å². The summed E-state index contributed by atoms with van der Waals surface area (Å²) in [6.07, 6.45) is 10.1. The van der Waals surface area contributed by atoms with Gasteiger partial charge in [-0.05, 0) is 62.8 Å². The van der Waals surface area contributed by atoms with E-state index < -0.39 is 5.41 Å². The number of ketones is 1. The summed E-state index contributed by atoms with van der Waals surface area (Å²) in [6.45, 7) is 10.3. The molecular weight excluding hydrogens is 350 g/mol. The molecule has 0 spiro atoms. The van der Waals surface area contributed by atoms with Gasteiger partial charge in [0.15, 0.2) is 5.78 Å². The molecule has 0 atom stereocenters. The molecule has 2 aliphatic rings. The normalized spacial score (nSPS) is 18.2. The van der Waals surface area contributed by atoms with Gasteiger partial charge in [-0.25, -0.2) is 0 Å². The molecule has 1 aliphatic carbocycles. The zero-order chi connectivity index (χ0) is 20.1. The molecule has 0 bridgehead atoms. The van der Waals surface area contributed by atoms with Crippen LogP contribution in [-0.2, 0) is 15.0 Å². The van der Waals surface area contributed by atoms with Crippen molar-refractivity contribution >= 4 is 23.1 Å². The number of benzene rings is 1. The third-order valence-corrected chi connectivity index (χ3v) is 5.61. The van der Waals surface area contributed by atoms with Crippen LogP contribution in [0.3, 0.4) is 0 Å². The molecule has 1 heterocycles. The summed E-state index contributed by atoms with van der Waals surface area (Å²) in [6, 6.07) is 5.91. The predicted octanol–water partition coefficient (Wildman–Crippen LogP) is 4.39. The van der Waals surface area contributed by atoms with Crippen molar-refractivity contribution < 1.29 is 9.59 Å². The Hall–Kier alpha value is -2.82. The minimum Gasteiger partial charge on any atom is -0.312 e. The van der Waals surface area contributed by atoms with E-state index in [1.165, 1.54) is 0 Å². The average Bonchev–Trinajstić information content (AvgIpc) is 2.80. The lowest BCUT2D eigenvalue weighted by molar-refractivity contribution is -0.123. The molecule has 0 saturated carbocycles. The number of hydrogen-bond acceptors (Lipinski definition) is 4. The van der Waals surface area contributed by atoms with Crippen LogP contribution in [0, 0.1) is 0 Å². The Labute approximate surface area is 167 Å². The molecule has 28 heavy (non-hydrogen) atoms. The molecule has 5 heteroatoms. The maximum atomic E-state index is 13.2. The molecule has 148 valence electrons. The molecule has 0 fully saturated rings. The van der Waals surface area contributed by atoms with Gasteiger partial charge in [-0.1, -0.05) is 18.2 Å². The Morgan fingerprint density at radius 1 is 1.14 bits per heavy atom. The zero-order valence-electron chi connectivity index (χ0n) is 16.6. The van der Waals surface area contributed by atoms with Gasteiger partial charge in [0.2, 0.25) is 5.91 Å². The fourth-order valence-electron chi connectivity index (χ4n) is 4.19. The number of carbonyl (C=O) groups is 2. The first-order valence-corrected chi connectivity index (χ1v) is 10.0. The minimum atomic E-state index is -0.663. The summed E-state index contributed by atoms with van der Waals surface area (Å²) in [4.78, 5) is 27.2. The number of amides is 1. The standard InChI is InChI=1S/C23H29N3O2/c1-4-14-23(15-5-2)18-16-17(12-13-20(18)26(6-3)22(23)28)24-25-19-10-8-7-9-11-21(19)27/h4-5,10,12-13,16,24-25H,1-2,6-9,11,14-15H2,3H3. The van der Waals surface area contributed by atoms with Crippen molar-refractivity contribution in [1.82, 2.24) is 5.43 Å². The van der Waals surface area contributed by atoms with Crippen molar-refractivity contribution in [3.63, 3.8) is 0 Å². The van der Waals surface area contributed by atoms with Crippen LogP contribution in [0.1, 0.15) is 51.0 Å². The van der Waals surface area contributed by atoms with Gasteiger partial charge in [-0.2, -0.15) is 0 Å². The summed E-state index contributed by atoms with van der Waals surface area (Å²) >= 11 is 0. The van der Waals surface area contributed by atoms with Gasteiger partial charge >= 0.3 is 0 Å². The lowest BCUT2D eigenvalue weighted by atomic mass is 9.75. The van der Waals surface area contributed by atoms with Gasteiger partial charge in [-0.15, -0.1) is 13.2 Å². The van der Waals surface area contributed by atoms with Crippen LogP contribution in [0.25, 0.3) is 0 Å². The predicted molar refractivity (Wildman–Crippen MR) is 114 cm³/mol. The first-order chi connectivity index (χ1) is 13.6. The van der Waals surface area contributed by atoms with E-state index in [1.807, 2.05) is 36.1 Å². The topological polar surface area (TPSA) is 61.4 Å². The summed E-state index contributed by atoms with van der Waals surface area (Å²) in [5.41, 5.74) is 8.91. The van der Waals surface area contributed by atoms with Crippen molar-refractivity contribution in [3.8, 4) is 0 Å². The largest absolute Gasteiger partial charge is 0.312 e. The number of nitrogens with zero attached hydrogens (tertiary/aromatic N) is 1. The first kappa shape index (κ1) is 19.9. The van der Waals surface area contributed by atoms with Gasteiger partial charge in [0.05, 0.1) is 16.8 Å². The average molecular weight is 380 g/mol. The van der Waals surface area contributed by atoms with E-state index in [4.69, 9.17) is 0 Å². The van der Waals surface area contributed by atoms with Gasteiger partial charge in [0, 0.05) is 18.7 Å².